The predicted molar refractivity (Wildman–Crippen MR) is 244 cm³/mol. The maximum absolute atomic E-state index is 14.6. The quantitative estimate of drug-likeness (QED) is 0.0863. The van der Waals surface area contributed by atoms with E-state index in [4.69, 9.17) is 18.9 Å². The van der Waals surface area contributed by atoms with E-state index in [0.717, 1.165) is 33.8 Å². The smallest absolute Gasteiger partial charge is 0.418 e. The molecule has 4 heterocycles. The number of imidazole rings is 2. The summed E-state index contributed by atoms with van der Waals surface area (Å²) in [6, 6.07) is 30.8. The lowest BCUT2D eigenvalue weighted by Gasteiger charge is -2.31. The molecule has 10 rings (SSSR count). The lowest BCUT2D eigenvalue weighted by Crippen LogP contribution is -2.35. The van der Waals surface area contributed by atoms with Gasteiger partial charge in [0.25, 0.3) is 0 Å². The van der Waals surface area contributed by atoms with Crippen molar-refractivity contribution >= 4 is 45.3 Å². The van der Waals surface area contributed by atoms with Crippen molar-refractivity contribution in [1.82, 2.24) is 28.2 Å². The monoisotopic (exact) mass is 884 g/mol. The number of aromatic nitrogens is 6. The first-order valence-corrected chi connectivity index (χ1v) is 22.1. The number of ether oxygens (including phenoxy) is 4. The number of carbonyl (C=O) groups is 4. The largest absolute Gasteiger partial charge is 0.489 e. The molecule has 0 fully saturated rings. The molecule has 4 atom stereocenters. The maximum atomic E-state index is 14.6. The van der Waals surface area contributed by atoms with Crippen molar-refractivity contribution in [2.75, 3.05) is 0 Å². The van der Waals surface area contributed by atoms with Crippen LogP contribution in [-0.4, -0.2) is 51.7 Å². The first-order valence-electron chi connectivity index (χ1n) is 22.1. The lowest BCUT2D eigenvalue weighted by atomic mass is 9.83. The third kappa shape index (κ3) is 7.82. The Kier molecular flexibility index (Phi) is 11.1. The number of carbonyl (C=O) groups excluding carboxylic acids is 4. The normalized spacial score (nSPS) is 18.0. The molecule has 0 amide bonds. The Morgan fingerprint density at radius 1 is 0.591 bits per heavy atom. The molecule has 0 N–H and O–H groups in total. The van der Waals surface area contributed by atoms with Gasteiger partial charge in [0.1, 0.15) is 48.6 Å². The molecule has 0 saturated carbocycles. The number of rotatable bonds is 12. The molecule has 66 heavy (non-hydrogen) atoms. The van der Waals surface area contributed by atoms with Crippen LogP contribution in [0.3, 0.4) is 0 Å². The zero-order valence-electron chi connectivity index (χ0n) is 37.0. The van der Waals surface area contributed by atoms with Crippen LogP contribution >= 0.6 is 0 Å². The summed E-state index contributed by atoms with van der Waals surface area (Å²) in [6.45, 7) is 4.98. The Balaban J connectivity index is 0.961. The average molecular weight is 885 g/mol. The van der Waals surface area contributed by atoms with Gasteiger partial charge in [-0.2, -0.15) is 0 Å². The van der Waals surface area contributed by atoms with E-state index in [2.05, 4.69) is 9.97 Å². The van der Waals surface area contributed by atoms with E-state index in [1.165, 1.54) is 0 Å². The summed E-state index contributed by atoms with van der Waals surface area (Å²) >= 11 is 0. The van der Waals surface area contributed by atoms with Gasteiger partial charge < -0.3 is 37.2 Å². The zero-order valence-corrected chi connectivity index (χ0v) is 37.0. The summed E-state index contributed by atoms with van der Waals surface area (Å²) in [7, 11) is 3.64. The van der Waals surface area contributed by atoms with Crippen molar-refractivity contribution in [2.45, 2.75) is 65.2 Å². The topological polar surface area (TPSA) is 151 Å². The number of hydrogen-bond acceptors (Lipinski definition) is 10. The number of aryl methyl sites for hydroxylation is 4. The highest BCUT2D eigenvalue weighted by molar-refractivity contribution is 6.30. The fourth-order valence-electron chi connectivity index (χ4n) is 9.73. The van der Waals surface area contributed by atoms with Gasteiger partial charge in [0.15, 0.2) is 11.6 Å². The van der Waals surface area contributed by atoms with Gasteiger partial charge in [-0.05, 0) is 61.4 Å². The Hall–Kier alpha value is -7.74. The van der Waals surface area contributed by atoms with Crippen LogP contribution in [0.5, 0.6) is 11.5 Å². The minimum absolute atomic E-state index is 0.109. The summed E-state index contributed by atoms with van der Waals surface area (Å²) in [5.41, 5.74) is 5.26. The molecule has 4 unspecified atom stereocenters. The highest BCUT2D eigenvalue weighted by atomic mass is 16.6. The van der Waals surface area contributed by atoms with Crippen molar-refractivity contribution in [2.24, 2.45) is 25.9 Å². The molecular weight excluding hydrogens is 837 g/mol. The fraction of sp³-hybridized carbons (Fsp3) is 0.269. The van der Waals surface area contributed by atoms with Crippen molar-refractivity contribution in [3.8, 4) is 11.5 Å². The minimum Gasteiger partial charge on any atom is -0.489 e. The molecular formula is C52H48N6O8. The first-order chi connectivity index (χ1) is 32.0. The van der Waals surface area contributed by atoms with Gasteiger partial charge in [0, 0.05) is 98.5 Å². The van der Waals surface area contributed by atoms with Crippen molar-refractivity contribution in [3.05, 3.63) is 167 Å². The Bertz CT molecular complexity index is 2950. The number of benzene rings is 4. The van der Waals surface area contributed by atoms with E-state index in [-0.39, 0.29) is 24.4 Å². The van der Waals surface area contributed by atoms with Crippen LogP contribution in [0.4, 0.5) is 0 Å². The number of ketones is 2. The Labute approximate surface area is 380 Å². The third-order valence-corrected chi connectivity index (χ3v) is 13.1. The van der Waals surface area contributed by atoms with Crippen LogP contribution in [0.2, 0.25) is 0 Å². The van der Waals surface area contributed by atoms with Crippen LogP contribution in [0.1, 0.15) is 79.9 Å². The summed E-state index contributed by atoms with van der Waals surface area (Å²) in [4.78, 5) is 66.2. The molecule has 0 radical (unpaired) electrons. The molecule has 14 heteroatoms. The lowest BCUT2D eigenvalue weighted by molar-refractivity contribution is -0.176. The van der Waals surface area contributed by atoms with E-state index in [9.17, 15) is 19.2 Å². The molecule has 14 nitrogen and oxygen atoms in total. The number of nitrogens with zero attached hydrogens (tertiary/aromatic N) is 6. The molecule has 0 bridgehead atoms. The minimum atomic E-state index is -1.20. The van der Waals surface area contributed by atoms with Crippen LogP contribution in [0.25, 0.3) is 21.8 Å². The van der Waals surface area contributed by atoms with Crippen LogP contribution in [-0.2, 0) is 59.5 Å². The van der Waals surface area contributed by atoms with Gasteiger partial charge >= 0.3 is 11.9 Å². The van der Waals surface area contributed by atoms with E-state index in [1.54, 1.807) is 12.4 Å². The molecule has 8 aromatic rings. The predicted octanol–water partition coefficient (Wildman–Crippen LogP) is 8.51. The van der Waals surface area contributed by atoms with Crippen LogP contribution in [0.15, 0.2) is 122 Å². The number of fused-ring (bicyclic) bond motifs is 6. The fourth-order valence-corrected chi connectivity index (χ4v) is 9.73. The molecule has 4 aromatic heterocycles. The van der Waals surface area contributed by atoms with Crippen LogP contribution in [0, 0.1) is 25.7 Å². The van der Waals surface area contributed by atoms with Crippen molar-refractivity contribution in [1.29, 1.82) is 0 Å². The summed E-state index contributed by atoms with van der Waals surface area (Å²) in [5.74, 6) is -1.24. The Morgan fingerprint density at radius 3 is 1.38 bits per heavy atom. The second kappa shape index (κ2) is 17.3. The van der Waals surface area contributed by atoms with Crippen molar-refractivity contribution in [3.63, 3.8) is 0 Å². The highest BCUT2D eigenvalue weighted by Gasteiger charge is 2.44. The van der Waals surface area contributed by atoms with E-state index in [1.807, 2.05) is 156 Å². The van der Waals surface area contributed by atoms with Gasteiger partial charge in [0.05, 0.1) is 22.5 Å². The first kappa shape index (κ1) is 42.2. The maximum Gasteiger partial charge on any atom is 0.418 e. The molecule has 0 spiro atoms. The average Bonchev–Trinajstić information content (AvgIpc) is 4.09. The second-order valence-electron chi connectivity index (χ2n) is 17.2. The number of Topliss-reactive ketones (excluding diaryl/α,β-unsaturated/α-hetero) is 2. The molecule has 2 aliphatic carbocycles. The summed E-state index contributed by atoms with van der Waals surface area (Å²) < 4.78 is 32.2. The standard InChI is InChI=1S/C52H48N6O8/c1-31-53-19-21-57(31)27-35-23-43(47-45(49(35)59)39-25-37(15-17-41(39)55(47)3)63-29-33-11-7-5-8-12-33)65-51(61)52(62)66-44-24-36(28-58-22-20-54-32(58)2)50(60)46-40-26-38(16-18-42(40)56(4)48(44)46)64-30-34-13-9-6-10-14-34/h5-22,25-26,35-36,43-44H,23-24,27-30H2,1-4H3. The highest BCUT2D eigenvalue weighted by Crippen LogP contribution is 2.45. The summed E-state index contributed by atoms with van der Waals surface area (Å²) in [5, 5.41) is 1.31. The van der Waals surface area contributed by atoms with Crippen LogP contribution < -0.4 is 9.47 Å². The third-order valence-electron chi connectivity index (χ3n) is 13.1. The molecule has 0 saturated heterocycles. The van der Waals surface area contributed by atoms with Gasteiger partial charge in [-0.3, -0.25) is 9.59 Å². The van der Waals surface area contributed by atoms with E-state index >= 15 is 0 Å². The summed E-state index contributed by atoms with van der Waals surface area (Å²) in [6.07, 6.45) is 5.25. The molecule has 334 valence electrons. The van der Waals surface area contributed by atoms with Gasteiger partial charge in [-0.25, -0.2) is 19.6 Å². The second-order valence-corrected chi connectivity index (χ2v) is 17.2. The van der Waals surface area contributed by atoms with Gasteiger partial charge in [-0.15, -0.1) is 0 Å². The zero-order chi connectivity index (χ0) is 45.6. The number of esters is 2. The molecule has 2 aliphatic rings. The van der Waals surface area contributed by atoms with Gasteiger partial charge in [0.2, 0.25) is 0 Å². The molecule has 4 aromatic carbocycles. The Morgan fingerprint density at radius 2 is 1.00 bits per heavy atom. The van der Waals surface area contributed by atoms with E-state index < -0.39 is 36.0 Å². The SMILES string of the molecule is Cc1nccn1CC1CC(OC(=O)C(=O)OC2CC(Cn3ccnc3C)C(=O)c3c2n(C)c2ccc(OCc4ccccc4)cc32)c2c(c3cc(OCc4ccccc4)ccc3n2C)C1=O. The number of hydrogen-bond donors (Lipinski definition) is 0. The molecule has 0 aliphatic heterocycles. The van der Waals surface area contributed by atoms with E-state index in [0.29, 0.717) is 71.1 Å². The van der Waals surface area contributed by atoms with Gasteiger partial charge in [-0.1, -0.05) is 60.7 Å². The van der Waals surface area contributed by atoms with Crippen molar-refractivity contribution < 1.29 is 38.1 Å².